The van der Waals surface area contributed by atoms with E-state index in [9.17, 15) is 4.79 Å². The number of amides is 1. The first-order valence-corrected chi connectivity index (χ1v) is 7.74. The first kappa shape index (κ1) is 14.9. The summed E-state index contributed by atoms with van der Waals surface area (Å²) in [5, 5.41) is 0. The Morgan fingerprint density at radius 1 is 1.45 bits per heavy atom. The Morgan fingerprint density at radius 2 is 2.15 bits per heavy atom. The van der Waals surface area contributed by atoms with Crippen LogP contribution < -0.4 is 4.74 Å². The summed E-state index contributed by atoms with van der Waals surface area (Å²) in [5.74, 6) is 3.35. The third-order valence-electron chi connectivity index (χ3n) is 3.13. The van der Waals surface area contributed by atoms with Crippen molar-refractivity contribution in [3.63, 3.8) is 0 Å². The molecular weight excluding hydrogens is 365 g/mol. The van der Waals surface area contributed by atoms with Gasteiger partial charge >= 0.3 is 0 Å². The molecule has 1 aromatic carbocycles. The molecule has 1 aromatic rings. The van der Waals surface area contributed by atoms with Crippen molar-refractivity contribution in [1.29, 1.82) is 0 Å². The van der Waals surface area contributed by atoms with Crippen LogP contribution in [0.4, 0.5) is 0 Å². The fourth-order valence-corrected chi connectivity index (χ4v) is 2.75. The highest BCUT2D eigenvalue weighted by atomic mass is 127. The number of allylic oxidation sites excluding steroid dienone is 1. The highest BCUT2D eigenvalue weighted by Gasteiger charge is 2.27. The summed E-state index contributed by atoms with van der Waals surface area (Å²) in [7, 11) is 0. The molecule has 1 amide bonds. The second-order valence-corrected chi connectivity index (χ2v) is 5.90. The van der Waals surface area contributed by atoms with Crippen LogP contribution in [-0.4, -0.2) is 27.9 Å². The molecule has 0 radical (unpaired) electrons. The average molecular weight is 381 g/mol. The Labute approximate surface area is 133 Å². The monoisotopic (exact) mass is 381 g/mol. The fourth-order valence-electron chi connectivity index (χ4n) is 2.16. The van der Waals surface area contributed by atoms with Crippen LogP contribution in [-0.2, 0) is 4.79 Å². The minimum absolute atomic E-state index is 0.0366. The Morgan fingerprint density at radius 3 is 2.75 bits per heavy atom. The van der Waals surface area contributed by atoms with Crippen LogP contribution in [0.2, 0.25) is 0 Å². The van der Waals surface area contributed by atoms with Gasteiger partial charge in [-0.1, -0.05) is 34.6 Å². The van der Waals surface area contributed by atoms with Gasteiger partial charge in [0.15, 0.2) is 0 Å². The lowest BCUT2D eigenvalue weighted by Crippen LogP contribution is -2.37. The molecule has 3 nitrogen and oxygen atoms in total. The molecule has 0 N–H and O–H groups in total. The summed E-state index contributed by atoms with van der Waals surface area (Å²) < 4.78 is 5.39. The minimum Gasteiger partial charge on any atom is -0.481 e. The normalized spacial score (nSPS) is 18.4. The highest BCUT2D eigenvalue weighted by Crippen LogP contribution is 2.29. The smallest absolute Gasteiger partial charge is 0.240 e. The van der Waals surface area contributed by atoms with Gasteiger partial charge in [-0.25, -0.2) is 0 Å². The Kier molecular flexibility index (Phi) is 5.07. The lowest BCUT2D eigenvalue weighted by atomic mass is 10.0. The minimum atomic E-state index is 0.0366. The maximum atomic E-state index is 12.2. The molecule has 1 unspecified atom stereocenters. The van der Waals surface area contributed by atoms with Gasteiger partial charge in [-0.05, 0) is 43.2 Å². The molecule has 0 aromatic heterocycles. The number of terminal acetylenes is 1. The zero-order valence-electron chi connectivity index (χ0n) is 11.3. The SMILES string of the molecule is C#CCOc1ccc(C2=CCC(I)C(=O)N2CC)cc1. The van der Waals surface area contributed by atoms with Gasteiger partial charge in [0, 0.05) is 12.2 Å². The number of hydrogen-bond donors (Lipinski definition) is 0. The molecule has 1 atom stereocenters. The van der Waals surface area contributed by atoms with E-state index in [0.717, 1.165) is 23.4 Å². The lowest BCUT2D eigenvalue weighted by Gasteiger charge is -2.30. The van der Waals surface area contributed by atoms with E-state index in [2.05, 4.69) is 34.6 Å². The molecule has 2 rings (SSSR count). The van der Waals surface area contributed by atoms with Gasteiger partial charge in [0.2, 0.25) is 5.91 Å². The van der Waals surface area contributed by atoms with E-state index in [1.165, 1.54) is 0 Å². The van der Waals surface area contributed by atoms with Crippen molar-refractivity contribution in [1.82, 2.24) is 4.90 Å². The van der Waals surface area contributed by atoms with Crippen LogP contribution in [0.1, 0.15) is 18.9 Å². The van der Waals surface area contributed by atoms with E-state index >= 15 is 0 Å². The Bertz CT molecular complexity index is 557. The number of benzene rings is 1. The second-order valence-electron chi connectivity index (χ2n) is 4.39. The van der Waals surface area contributed by atoms with E-state index in [4.69, 9.17) is 11.2 Å². The molecule has 0 spiro atoms. The van der Waals surface area contributed by atoms with Crippen LogP contribution >= 0.6 is 22.6 Å². The first-order valence-electron chi connectivity index (χ1n) is 6.49. The first-order chi connectivity index (χ1) is 9.67. The summed E-state index contributed by atoms with van der Waals surface area (Å²) in [6.45, 7) is 2.93. The summed E-state index contributed by atoms with van der Waals surface area (Å²) in [6, 6.07) is 7.67. The molecule has 1 aliphatic heterocycles. The predicted molar refractivity (Wildman–Crippen MR) is 88.6 cm³/mol. The molecule has 0 saturated heterocycles. The van der Waals surface area contributed by atoms with Crippen LogP contribution in [0, 0.1) is 12.3 Å². The van der Waals surface area contributed by atoms with Gasteiger partial charge in [-0.3, -0.25) is 4.79 Å². The van der Waals surface area contributed by atoms with Crippen molar-refractivity contribution in [3.8, 4) is 18.1 Å². The van der Waals surface area contributed by atoms with E-state index in [-0.39, 0.29) is 16.4 Å². The molecule has 0 fully saturated rings. The number of alkyl halides is 1. The van der Waals surface area contributed by atoms with Crippen molar-refractivity contribution < 1.29 is 9.53 Å². The molecule has 1 heterocycles. The molecule has 20 heavy (non-hydrogen) atoms. The fraction of sp³-hybridized carbons (Fsp3) is 0.312. The summed E-state index contributed by atoms with van der Waals surface area (Å²) in [4.78, 5) is 14.0. The standard InChI is InChI=1S/C16H16INO2/c1-3-11-20-13-7-5-12(6-8-13)15-10-9-14(17)16(19)18(15)4-2/h1,5-8,10,14H,4,9,11H2,2H3. The molecule has 0 aliphatic carbocycles. The number of ether oxygens (including phenoxy) is 1. The summed E-state index contributed by atoms with van der Waals surface area (Å²) in [6.07, 6.45) is 8.06. The van der Waals surface area contributed by atoms with Crippen molar-refractivity contribution in [2.24, 2.45) is 0 Å². The lowest BCUT2D eigenvalue weighted by molar-refractivity contribution is -0.127. The van der Waals surface area contributed by atoms with Crippen LogP contribution in [0.15, 0.2) is 30.3 Å². The Balaban J connectivity index is 2.22. The van der Waals surface area contributed by atoms with E-state index in [0.29, 0.717) is 6.54 Å². The molecular formula is C16H16INO2. The van der Waals surface area contributed by atoms with Gasteiger partial charge in [0.25, 0.3) is 0 Å². The van der Waals surface area contributed by atoms with Gasteiger partial charge in [-0.15, -0.1) is 6.42 Å². The number of nitrogens with zero attached hydrogens (tertiary/aromatic N) is 1. The maximum absolute atomic E-state index is 12.2. The largest absolute Gasteiger partial charge is 0.481 e. The van der Waals surface area contributed by atoms with E-state index in [1.54, 1.807) is 0 Å². The predicted octanol–water partition coefficient (Wildman–Crippen LogP) is 3.10. The van der Waals surface area contributed by atoms with Crippen molar-refractivity contribution in [2.45, 2.75) is 17.3 Å². The van der Waals surface area contributed by atoms with Crippen LogP contribution in [0.3, 0.4) is 0 Å². The topological polar surface area (TPSA) is 29.5 Å². The number of carbonyl (C=O) groups excluding carboxylic acids is 1. The zero-order valence-corrected chi connectivity index (χ0v) is 13.5. The number of carbonyl (C=O) groups is 1. The number of rotatable bonds is 4. The Hall–Kier alpha value is -1.48. The molecule has 4 heteroatoms. The van der Waals surface area contributed by atoms with E-state index < -0.39 is 0 Å². The third-order valence-corrected chi connectivity index (χ3v) is 4.17. The highest BCUT2D eigenvalue weighted by molar-refractivity contribution is 14.1. The van der Waals surface area contributed by atoms with Gasteiger partial charge in [0.05, 0.1) is 3.92 Å². The van der Waals surface area contributed by atoms with Gasteiger partial charge in [0.1, 0.15) is 12.4 Å². The van der Waals surface area contributed by atoms with Gasteiger partial charge in [-0.2, -0.15) is 0 Å². The third kappa shape index (κ3) is 3.15. The van der Waals surface area contributed by atoms with Crippen molar-refractivity contribution in [2.75, 3.05) is 13.2 Å². The van der Waals surface area contributed by atoms with Crippen LogP contribution in [0.25, 0.3) is 5.70 Å². The molecule has 1 aliphatic rings. The molecule has 0 bridgehead atoms. The number of halogens is 1. The molecule has 0 saturated carbocycles. The summed E-state index contributed by atoms with van der Waals surface area (Å²) >= 11 is 2.20. The second kappa shape index (κ2) is 6.80. The summed E-state index contributed by atoms with van der Waals surface area (Å²) in [5.41, 5.74) is 2.01. The quantitative estimate of drug-likeness (QED) is 0.456. The number of hydrogen-bond acceptors (Lipinski definition) is 2. The van der Waals surface area contributed by atoms with Crippen molar-refractivity contribution in [3.05, 3.63) is 35.9 Å². The van der Waals surface area contributed by atoms with Crippen molar-refractivity contribution >= 4 is 34.2 Å². The van der Waals surface area contributed by atoms with E-state index in [1.807, 2.05) is 36.1 Å². The average Bonchev–Trinajstić information content (AvgIpc) is 2.48. The van der Waals surface area contributed by atoms with Gasteiger partial charge < -0.3 is 9.64 Å². The molecule has 104 valence electrons. The maximum Gasteiger partial charge on any atom is 0.240 e. The zero-order chi connectivity index (χ0) is 14.5. The van der Waals surface area contributed by atoms with Crippen LogP contribution in [0.5, 0.6) is 5.75 Å².